The van der Waals surface area contributed by atoms with Gasteiger partial charge in [0.05, 0.1) is 0 Å². The smallest absolute Gasteiger partial charge is 0.344 e. The molecule has 0 rings (SSSR count). The van der Waals surface area contributed by atoms with Crippen LogP contribution < -0.4 is 233 Å². The van der Waals surface area contributed by atoms with E-state index >= 15 is 0 Å². The summed E-state index contributed by atoms with van der Waals surface area (Å²) in [4.78, 5) is 0. The summed E-state index contributed by atoms with van der Waals surface area (Å²) in [5.74, 6) is 1.17. The normalized spacial score (nSPS) is 4.75. The first-order valence-corrected chi connectivity index (χ1v) is 6.54. The minimum atomic E-state index is 0. The van der Waals surface area contributed by atoms with Gasteiger partial charge in [-0.1, -0.05) is 85.1 Å². The van der Waals surface area contributed by atoms with Crippen molar-refractivity contribution in [3.05, 3.63) is 27.7 Å². The molecule has 0 saturated heterocycles. The minimum Gasteiger partial charge on any atom is -0.344 e. The van der Waals surface area contributed by atoms with Crippen LogP contribution in [0.25, 0.3) is 0 Å². The van der Waals surface area contributed by atoms with Gasteiger partial charge in [-0.2, -0.15) is 24.7 Å². The molecule has 0 heterocycles. The van der Waals surface area contributed by atoms with E-state index < -0.39 is 0 Å². The zero-order valence-corrected chi connectivity index (χ0v) is 37.1. The fourth-order valence-electron chi connectivity index (χ4n) is 0. The van der Waals surface area contributed by atoms with Gasteiger partial charge in [-0.3, -0.25) is 0 Å². The fraction of sp³-hybridized carbons (Fsp3) is 0.800. The van der Waals surface area contributed by atoms with Gasteiger partial charge in [-0.15, -0.1) is 0 Å². The Morgan fingerprint density at radius 3 is 0.542 bits per heavy atom. The zero-order chi connectivity index (χ0) is 14.6. The maximum Gasteiger partial charge on any atom is 1.00 e. The maximum absolute atomic E-state index is 3.64. The second-order valence-corrected chi connectivity index (χ2v) is 3.79. The third-order valence-corrected chi connectivity index (χ3v) is 0. The average molecular weight is 637 g/mol. The molecule has 0 radical (unpaired) electrons. The maximum atomic E-state index is 3.64. The summed E-state index contributed by atoms with van der Waals surface area (Å²) in [5, 5.41) is 0. The Morgan fingerprint density at radius 1 is 0.542 bits per heavy atom. The first-order valence-electron chi connectivity index (χ1n) is 6.54. The molecule has 0 aliphatic heterocycles. The summed E-state index contributed by atoms with van der Waals surface area (Å²) >= 11 is 0. The molecule has 0 amide bonds. The van der Waals surface area contributed by atoms with Crippen molar-refractivity contribution in [2.45, 2.75) is 97.9 Å². The molecule has 0 spiro atoms. The van der Waals surface area contributed by atoms with E-state index in [-0.39, 0.29) is 262 Å². The predicted molar refractivity (Wildman–Crippen MR) is 110 cm³/mol. The van der Waals surface area contributed by atoms with Crippen LogP contribution in [-0.4, -0.2) is 0 Å². The molecule has 0 aromatic carbocycles. The molecule has 0 aliphatic carbocycles. The van der Waals surface area contributed by atoms with Crippen LogP contribution in [0, 0.1) is 39.5 Å². The fourth-order valence-corrected chi connectivity index (χ4v) is 0. The summed E-state index contributed by atoms with van der Waals surface area (Å²) < 4.78 is 0. The van der Waals surface area contributed by atoms with Crippen molar-refractivity contribution in [3.63, 3.8) is 0 Å². The van der Waals surface area contributed by atoms with Gasteiger partial charge in [0.1, 0.15) is 0 Å². The Hall–Kier alpha value is 7.22. The molecule has 0 fully saturated rings. The van der Waals surface area contributed by atoms with Crippen molar-refractivity contribution in [1.82, 2.24) is 0 Å². The van der Waals surface area contributed by atoms with E-state index in [9.17, 15) is 0 Å². The van der Waals surface area contributed by atoms with E-state index in [1.807, 2.05) is 27.7 Å². The van der Waals surface area contributed by atoms with E-state index in [4.69, 9.17) is 0 Å². The topological polar surface area (TPSA) is 0 Å². The summed E-state index contributed by atoms with van der Waals surface area (Å²) in [6.07, 6.45) is 2.00. The first-order chi connectivity index (χ1) is 7.29. The summed E-state index contributed by atoms with van der Waals surface area (Å²) in [7, 11) is 0. The zero-order valence-electron chi connectivity index (χ0n) is 17.4. The summed E-state index contributed by atoms with van der Waals surface area (Å²) in [5.41, 5.74) is 0. The van der Waals surface area contributed by atoms with E-state index in [1.54, 1.807) is 0 Å². The Morgan fingerprint density at radius 2 is 0.542 bits per heavy atom. The van der Waals surface area contributed by atoms with E-state index in [0.29, 0.717) is 11.8 Å². The molecule has 0 atom stereocenters. The van der Waals surface area contributed by atoms with Gasteiger partial charge in [-0.05, 0) is 0 Å². The summed E-state index contributed by atoms with van der Waals surface area (Å²) in [6.45, 7) is 30.5. The van der Waals surface area contributed by atoms with Crippen LogP contribution in [0.3, 0.4) is 0 Å². The summed E-state index contributed by atoms with van der Waals surface area (Å²) in [6, 6.07) is 0. The Bertz CT molecular complexity index is 46.1. The Balaban J connectivity index is -0.00000000536. The molecule has 0 aromatic heterocycles. The Labute approximate surface area is 359 Å². The average Bonchev–Trinajstić information content (AvgIpc) is 2.07. The van der Waals surface area contributed by atoms with Gasteiger partial charge < -0.3 is 27.7 Å². The quantitative estimate of drug-likeness (QED) is 0.249. The molecule has 0 aromatic rings. The van der Waals surface area contributed by atoms with Crippen LogP contribution in [0.1, 0.15) is 97.9 Å². The van der Waals surface area contributed by atoms with Gasteiger partial charge in [0, 0.05) is 0 Å². The van der Waals surface area contributed by atoms with Crippen LogP contribution in [0.2, 0.25) is 0 Å². The van der Waals surface area contributed by atoms with Crippen molar-refractivity contribution < 1.29 is 233 Å². The SMILES string of the molecule is C.C.C.C.CC.[CH2-]C(C)C.[CH2-]C(C)C.[CH2-]CC.[CH2-]CC.[Rb+].[Rb+].[Rb+].[Rb+]. The second kappa shape index (κ2) is 111. The Kier molecular flexibility index (Phi) is 399. The van der Waals surface area contributed by atoms with Crippen molar-refractivity contribution in [2.24, 2.45) is 11.8 Å². The van der Waals surface area contributed by atoms with Crippen molar-refractivity contribution >= 4 is 0 Å². The first kappa shape index (κ1) is 85.9. The molecule has 0 aliphatic rings. The van der Waals surface area contributed by atoms with Crippen LogP contribution in [0.5, 0.6) is 0 Å². The predicted octanol–water partition coefficient (Wildman–Crippen LogP) is -3.00. The number of hydrogen-bond donors (Lipinski definition) is 0. The van der Waals surface area contributed by atoms with E-state index in [0.717, 1.165) is 12.8 Å². The molecular weight excluding hydrogens is 582 g/mol. The monoisotopic (exact) mass is 634 g/mol. The van der Waals surface area contributed by atoms with Crippen molar-refractivity contribution in [2.75, 3.05) is 0 Å². The standard InChI is InChI=1S/2C4H9.2C3H7.C2H6.4CH4.4Rb/c2*1-4(2)3;2*1-3-2;1-2;;;;;;;;/h2*4H,1H2,2-3H3;2*1,3H2,2H3;1-2H3;4*1H4;;;;/q4*-1;;;;;;4*+1. The molecule has 0 bridgehead atoms. The number of rotatable bonds is 0. The van der Waals surface area contributed by atoms with Crippen LogP contribution in [0.15, 0.2) is 0 Å². The van der Waals surface area contributed by atoms with Gasteiger partial charge in [0.2, 0.25) is 0 Å². The van der Waals surface area contributed by atoms with E-state index in [1.165, 1.54) is 0 Å². The molecule has 24 heavy (non-hydrogen) atoms. The molecular formula is C20H54Rb4. The van der Waals surface area contributed by atoms with Crippen LogP contribution in [0.4, 0.5) is 0 Å². The van der Waals surface area contributed by atoms with Gasteiger partial charge in [0.25, 0.3) is 0 Å². The van der Waals surface area contributed by atoms with E-state index in [2.05, 4.69) is 55.4 Å². The number of hydrogen-bond acceptors (Lipinski definition) is 0. The van der Waals surface area contributed by atoms with Gasteiger partial charge in [-0.25, -0.2) is 0 Å². The molecule has 4 heteroatoms. The molecule has 0 unspecified atom stereocenters. The largest absolute Gasteiger partial charge is 1.00 e. The third-order valence-electron chi connectivity index (χ3n) is 0. The van der Waals surface area contributed by atoms with Crippen molar-refractivity contribution in [1.29, 1.82) is 0 Å². The molecule has 0 nitrogen and oxygen atoms in total. The second-order valence-electron chi connectivity index (χ2n) is 3.79. The minimum absolute atomic E-state index is 0. The van der Waals surface area contributed by atoms with Crippen LogP contribution >= 0.6 is 0 Å². The molecule has 138 valence electrons. The van der Waals surface area contributed by atoms with Gasteiger partial charge >= 0.3 is 233 Å². The molecule has 0 N–H and O–H groups in total. The molecule has 0 saturated carbocycles. The third kappa shape index (κ3) is 446. The van der Waals surface area contributed by atoms with Crippen molar-refractivity contribution in [3.8, 4) is 0 Å². The van der Waals surface area contributed by atoms with Crippen LogP contribution in [-0.2, 0) is 0 Å². The van der Waals surface area contributed by atoms with Gasteiger partial charge in [0.15, 0.2) is 0 Å².